The number of aliphatic hydroxyl groups excluding tert-OH is 1. The minimum absolute atomic E-state index is 0.0636. The number of primary amides is 1. The van der Waals surface area contributed by atoms with Crippen LogP contribution in [-0.4, -0.2) is 59.9 Å². The number of alkyl carbamates (subject to hydrolysis) is 1. The minimum atomic E-state index is -1.05. The Bertz CT molecular complexity index is 1460. The van der Waals surface area contributed by atoms with Crippen LogP contribution in [0.1, 0.15) is 41.6 Å². The highest BCUT2D eigenvalue weighted by molar-refractivity contribution is 5.85. The molecule has 1 aliphatic heterocycles. The topological polar surface area (TPSA) is 160 Å². The number of likely N-dealkylation sites (N-methyl/N-ethyl adjacent to an activating group) is 1. The van der Waals surface area contributed by atoms with Crippen molar-refractivity contribution in [3.8, 4) is 11.1 Å². The molecule has 0 radical (unpaired) electrons. The summed E-state index contributed by atoms with van der Waals surface area (Å²) >= 11 is 0. The van der Waals surface area contributed by atoms with Crippen molar-refractivity contribution in [1.29, 1.82) is 0 Å². The van der Waals surface area contributed by atoms with Gasteiger partial charge < -0.3 is 35.8 Å². The molecule has 0 saturated heterocycles. The number of amides is 4. The molecule has 4 bridgehead atoms. The van der Waals surface area contributed by atoms with Gasteiger partial charge in [0.2, 0.25) is 11.8 Å². The third-order valence-corrected chi connectivity index (χ3v) is 7.22. The molecule has 4 rings (SSSR count). The van der Waals surface area contributed by atoms with Crippen LogP contribution in [0.2, 0.25) is 0 Å². The lowest BCUT2D eigenvalue weighted by Gasteiger charge is -2.28. The second kappa shape index (κ2) is 14.3. The van der Waals surface area contributed by atoms with Gasteiger partial charge in [-0.15, -0.1) is 0 Å². The molecule has 1 aliphatic rings. The first kappa shape index (κ1) is 31.0. The van der Waals surface area contributed by atoms with Crippen LogP contribution < -0.4 is 16.4 Å². The molecule has 0 aromatic heterocycles. The molecule has 11 heteroatoms. The Balaban J connectivity index is 1.73. The Hall–Kier alpha value is -4.90. The molecule has 226 valence electrons. The van der Waals surface area contributed by atoms with Gasteiger partial charge in [0, 0.05) is 19.9 Å². The van der Waals surface area contributed by atoms with E-state index in [1.165, 1.54) is 11.9 Å². The predicted molar refractivity (Wildman–Crippen MR) is 158 cm³/mol. The van der Waals surface area contributed by atoms with Crippen LogP contribution in [0.15, 0.2) is 72.8 Å². The smallest absolute Gasteiger partial charge is 0.408 e. The lowest BCUT2D eigenvalue weighted by molar-refractivity contribution is -0.139. The van der Waals surface area contributed by atoms with Crippen LogP contribution in [0, 0.1) is 0 Å². The molecule has 0 saturated carbocycles. The average Bonchev–Trinajstić information content (AvgIpc) is 2.99. The predicted octanol–water partition coefficient (Wildman–Crippen LogP) is 3.19. The number of carbonyl (C=O) groups is 4. The van der Waals surface area contributed by atoms with E-state index in [-0.39, 0.29) is 31.9 Å². The summed E-state index contributed by atoms with van der Waals surface area (Å²) in [5.41, 5.74) is 9.82. The van der Waals surface area contributed by atoms with E-state index < -0.39 is 36.5 Å². The quantitative estimate of drug-likeness (QED) is 0.344. The van der Waals surface area contributed by atoms with Gasteiger partial charge in [-0.3, -0.25) is 9.59 Å². The van der Waals surface area contributed by atoms with Crippen LogP contribution in [0.3, 0.4) is 0 Å². The van der Waals surface area contributed by atoms with Crippen LogP contribution in [0.4, 0.5) is 9.59 Å². The molecule has 5 N–H and O–H groups in total. The fourth-order valence-electron chi connectivity index (χ4n) is 4.90. The van der Waals surface area contributed by atoms with Crippen molar-refractivity contribution in [3.63, 3.8) is 0 Å². The second-order valence-corrected chi connectivity index (χ2v) is 10.4. The van der Waals surface area contributed by atoms with Gasteiger partial charge in [0.15, 0.2) is 6.23 Å². The van der Waals surface area contributed by atoms with Crippen molar-refractivity contribution in [1.82, 2.24) is 15.5 Å². The number of hydrogen-bond donors (Lipinski definition) is 4. The number of nitrogens with zero attached hydrogens (tertiary/aromatic N) is 1. The largest absolute Gasteiger partial charge is 0.445 e. The Kier molecular flexibility index (Phi) is 10.3. The molecule has 1 heterocycles. The third kappa shape index (κ3) is 8.55. The summed E-state index contributed by atoms with van der Waals surface area (Å²) in [6.07, 6.45) is -3.12. The summed E-state index contributed by atoms with van der Waals surface area (Å²) in [5.74, 6) is -0.762. The van der Waals surface area contributed by atoms with E-state index in [0.29, 0.717) is 23.1 Å². The van der Waals surface area contributed by atoms with E-state index in [4.69, 9.17) is 15.2 Å². The first-order chi connectivity index (χ1) is 20.6. The maximum atomic E-state index is 12.8. The summed E-state index contributed by atoms with van der Waals surface area (Å²) in [6, 6.07) is 21.4. The second-order valence-electron chi connectivity index (χ2n) is 10.4. The number of benzene rings is 3. The molecule has 11 nitrogen and oxygen atoms in total. The van der Waals surface area contributed by atoms with E-state index in [9.17, 15) is 24.3 Å². The molecule has 3 unspecified atom stereocenters. The minimum Gasteiger partial charge on any atom is -0.445 e. The van der Waals surface area contributed by atoms with Gasteiger partial charge in [0.25, 0.3) is 0 Å². The number of nitrogens with one attached hydrogen (secondary N) is 2. The zero-order valence-corrected chi connectivity index (χ0v) is 24.1. The third-order valence-electron chi connectivity index (χ3n) is 7.22. The average molecular weight is 589 g/mol. The van der Waals surface area contributed by atoms with Gasteiger partial charge in [0.05, 0.1) is 18.7 Å². The van der Waals surface area contributed by atoms with E-state index in [1.54, 1.807) is 19.1 Å². The summed E-state index contributed by atoms with van der Waals surface area (Å²) in [6.45, 7) is 1.37. The molecule has 3 atom stereocenters. The molecule has 3 aromatic carbocycles. The van der Waals surface area contributed by atoms with Crippen molar-refractivity contribution in [2.45, 2.75) is 51.2 Å². The number of aryl methyl sites for hydroxylation is 1. The maximum Gasteiger partial charge on any atom is 0.408 e. The Morgan fingerprint density at radius 2 is 1.81 bits per heavy atom. The summed E-state index contributed by atoms with van der Waals surface area (Å²) in [5, 5.41) is 16.2. The number of fused-ring (bicyclic) bond motifs is 5. The number of hydrogen-bond acceptors (Lipinski definition) is 7. The van der Waals surface area contributed by atoms with Gasteiger partial charge >= 0.3 is 12.2 Å². The highest BCUT2D eigenvalue weighted by Gasteiger charge is 2.27. The van der Waals surface area contributed by atoms with Crippen molar-refractivity contribution in [2.24, 2.45) is 5.73 Å². The van der Waals surface area contributed by atoms with Crippen LogP contribution in [0.25, 0.3) is 11.1 Å². The molecule has 0 spiro atoms. The first-order valence-electron chi connectivity index (χ1n) is 14.0. The summed E-state index contributed by atoms with van der Waals surface area (Å²) in [7, 11) is 1.47. The van der Waals surface area contributed by atoms with Crippen LogP contribution >= 0.6 is 0 Å². The van der Waals surface area contributed by atoms with Crippen molar-refractivity contribution in [2.75, 3.05) is 13.6 Å². The number of rotatable bonds is 6. The van der Waals surface area contributed by atoms with E-state index in [0.717, 1.165) is 16.7 Å². The number of ether oxygens (including phenoxy) is 2. The Morgan fingerprint density at radius 1 is 1.05 bits per heavy atom. The lowest BCUT2D eigenvalue weighted by atomic mass is 9.89. The van der Waals surface area contributed by atoms with Crippen molar-refractivity contribution in [3.05, 3.63) is 95.1 Å². The molecule has 43 heavy (non-hydrogen) atoms. The lowest BCUT2D eigenvalue weighted by Crippen LogP contribution is -2.46. The maximum absolute atomic E-state index is 12.8. The molecular formula is C32H36N4O7. The van der Waals surface area contributed by atoms with Crippen LogP contribution in [-0.2, 0) is 38.5 Å². The fraction of sp³-hybridized carbons (Fsp3) is 0.312. The molecule has 4 amide bonds. The first-order valence-corrected chi connectivity index (χ1v) is 14.0. The monoisotopic (exact) mass is 588 g/mol. The van der Waals surface area contributed by atoms with E-state index in [1.807, 2.05) is 60.7 Å². The van der Waals surface area contributed by atoms with Crippen LogP contribution in [0.5, 0.6) is 0 Å². The standard InChI is InChI=1S/C32H36N4O7/c1-20(37)30(35-32(41)42-19-22-7-4-3-5-8-22)25-13-11-23-16-26(25)24-10-6-9-21(15-24)12-14-27(38)34-18-28(39)36(2)29(17-23)43-31(33)40/h3-11,13,15-16,20,29-30,37H,12,14,17-19H2,1-2H3,(H2,33,40)(H,34,38)(H,35,41). The van der Waals surface area contributed by atoms with Gasteiger partial charge in [-0.25, -0.2) is 9.59 Å². The number of nitrogens with two attached hydrogens (primary N) is 1. The SMILES string of the molecule is CC(O)C(NC(=O)OCc1ccccc1)c1ccc2cc1-c1cccc(c1)CCC(=O)NCC(=O)N(C)C(OC(N)=O)C2. The molecule has 0 aliphatic carbocycles. The summed E-state index contributed by atoms with van der Waals surface area (Å²) in [4.78, 5) is 51.1. The van der Waals surface area contributed by atoms with Gasteiger partial charge in [-0.1, -0.05) is 72.8 Å². The van der Waals surface area contributed by atoms with E-state index in [2.05, 4.69) is 10.6 Å². The fourth-order valence-corrected chi connectivity index (χ4v) is 4.90. The highest BCUT2D eigenvalue weighted by Crippen LogP contribution is 2.33. The Labute approximate surface area is 250 Å². The van der Waals surface area contributed by atoms with E-state index >= 15 is 0 Å². The Morgan fingerprint density at radius 3 is 2.53 bits per heavy atom. The highest BCUT2D eigenvalue weighted by atomic mass is 16.6. The molecular weight excluding hydrogens is 552 g/mol. The molecule has 3 aromatic rings. The van der Waals surface area contributed by atoms with Crippen molar-refractivity contribution < 1.29 is 33.8 Å². The van der Waals surface area contributed by atoms with Gasteiger partial charge in [-0.2, -0.15) is 0 Å². The van der Waals surface area contributed by atoms with Crippen molar-refractivity contribution >= 4 is 24.0 Å². The van der Waals surface area contributed by atoms with Gasteiger partial charge in [-0.05, 0) is 46.7 Å². The number of aliphatic hydroxyl groups is 1. The number of carbonyl (C=O) groups excluding carboxylic acids is 4. The molecule has 0 fully saturated rings. The normalized spacial score (nSPS) is 17.0. The zero-order chi connectivity index (χ0) is 30.9. The summed E-state index contributed by atoms with van der Waals surface area (Å²) < 4.78 is 10.7. The zero-order valence-electron chi connectivity index (χ0n) is 24.1. The van der Waals surface area contributed by atoms with Gasteiger partial charge in [0.1, 0.15) is 6.61 Å².